The molecule has 1 aliphatic rings. The number of ether oxygens (including phenoxy) is 1. The summed E-state index contributed by atoms with van der Waals surface area (Å²) in [5, 5.41) is 15.1. The second kappa shape index (κ2) is 8.92. The van der Waals surface area contributed by atoms with Crippen LogP contribution >= 0.6 is 11.6 Å². The predicted octanol–water partition coefficient (Wildman–Crippen LogP) is 3.49. The van der Waals surface area contributed by atoms with Crippen LogP contribution in [0.2, 0.25) is 5.02 Å². The number of rotatable bonds is 7. The summed E-state index contributed by atoms with van der Waals surface area (Å²) < 4.78 is 5.63. The fraction of sp³-hybridized carbons (Fsp3) is 0.368. The van der Waals surface area contributed by atoms with E-state index in [1.54, 1.807) is 30.3 Å². The van der Waals surface area contributed by atoms with Crippen molar-refractivity contribution < 1.29 is 9.66 Å². The largest absolute Gasteiger partial charge is 0.492 e. The first-order valence-corrected chi connectivity index (χ1v) is 9.25. The smallest absolute Gasteiger partial charge is 0.292 e. The molecule has 1 saturated heterocycles. The molecule has 1 aliphatic heterocycles. The molecule has 0 spiro atoms. The van der Waals surface area contributed by atoms with Gasteiger partial charge in [-0.2, -0.15) is 0 Å². The fourth-order valence-electron chi connectivity index (χ4n) is 2.97. The molecular formula is C19H23ClN4O3. The zero-order valence-electron chi connectivity index (χ0n) is 15.2. The summed E-state index contributed by atoms with van der Waals surface area (Å²) in [6.45, 7) is 4.62. The van der Waals surface area contributed by atoms with Gasteiger partial charge in [-0.05, 0) is 43.4 Å². The van der Waals surface area contributed by atoms with E-state index in [0.29, 0.717) is 29.6 Å². The first-order valence-electron chi connectivity index (χ1n) is 8.87. The van der Waals surface area contributed by atoms with Gasteiger partial charge in [0.25, 0.3) is 5.69 Å². The van der Waals surface area contributed by atoms with Crippen molar-refractivity contribution in [2.45, 2.75) is 0 Å². The van der Waals surface area contributed by atoms with Crippen LogP contribution in [0, 0.1) is 10.1 Å². The van der Waals surface area contributed by atoms with E-state index in [-0.39, 0.29) is 10.6 Å². The number of halogens is 1. The Morgan fingerprint density at radius 3 is 2.52 bits per heavy atom. The Morgan fingerprint density at radius 2 is 1.85 bits per heavy atom. The molecule has 144 valence electrons. The van der Waals surface area contributed by atoms with Crippen LogP contribution in [0.15, 0.2) is 42.5 Å². The van der Waals surface area contributed by atoms with E-state index < -0.39 is 0 Å². The first-order chi connectivity index (χ1) is 13.0. The normalized spacial score (nSPS) is 14.8. The summed E-state index contributed by atoms with van der Waals surface area (Å²) in [6.07, 6.45) is 0. The number of nitro benzene ring substituents is 1. The van der Waals surface area contributed by atoms with Crippen LogP contribution in [0.5, 0.6) is 5.75 Å². The lowest BCUT2D eigenvalue weighted by molar-refractivity contribution is -0.383. The van der Waals surface area contributed by atoms with Crippen molar-refractivity contribution in [1.29, 1.82) is 0 Å². The molecule has 8 heteroatoms. The number of nitrogens with zero attached hydrogens (tertiary/aromatic N) is 3. The second-order valence-electron chi connectivity index (χ2n) is 6.48. The summed E-state index contributed by atoms with van der Waals surface area (Å²) in [5.41, 5.74) is 1.57. The molecule has 0 bridgehead atoms. The molecule has 0 atom stereocenters. The van der Waals surface area contributed by atoms with Gasteiger partial charge in [0.05, 0.1) is 4.92 Å². The van der Waals surface area contributed by atoms with Gasteiger partial charge in [-0.1, -0.05) is 11.6 Å². The van der Waals surface area contributed by atoms with E-state index >= 15 is 0 Å². The second-order valence-corrected chi connectivity index (χ2v) is 6.91. The zero-order chi connectivity index (χ0) is 19.2. The molecule has 1 N–H and O–H groups in total. The van der Waals surface area contributed by atoms with Crippen LogP contribution in [-0.4, -0.2) is 56.2 Å². The molecule has 0 unspecified atom stereocenters. The summed E-state index contributed by atoms with van der Waals surface area (Å²) >= 11 is 5.85. The predicted molar refractivity (Wildman–Crippen MR) is 108 cm³/mol. The van der Waals surface area contributed by atoms with E-state index in [4.69, 9.17) is 16.3 Å². The molecule has 0 saturated carbocycles. The van der Waals surface area contributed by atoms with Crippen LogP contribution < -0.4 is 15.0 Å². The number of hydrogen-bond donors (Lipinski definition) is 1. The van der Waals surface area contributed by atoms with Crippen LogP contribution in [0.4, 0.5) is 17.1 Å². The van der Waals surface area contributed by atoms with Crippen molar-refractivity contribution in [2.75, 3.05) is 56.6 Å². The van der Waals surface area contributed by atoms with Gasteiger partial charge in [0.2, 0.25) is 0 Å². The standard InChI is InChI=1S/C19H23ClN4O3/c1-22-9-11-23(12-10-22)16-4-7-19(24(25)26)18(14-16)21-8-13-27-17-5-2-15(20)3-6-17/h2-7,14,21H,8-13H2,1H3. The maximum Gasteiger partial charge on any atom is 0.292 e. The summed E-state index contributed by atoms with van der Waals surface area (Å²) in [6, 6.07) is 12.3. The third-order valence-electron chi connectivity index (χ3n) is 4.55. The van der Waals surface area contributed by atoms with Crippen molar-refractivity contribution in [3.05, 3.63) is 57.6 Å². The number of nitro groups is 1. The Kier molecular flexibility index (Phi) is 6.36. The SMILES string of the molecule is CN1CCN(c2ccc([N+](=O)[O-])c(NCCOc3ccc(Cl)cc3)c2)CC1. The average molecular weight is 391 g/mol. The molecule has 0 radical (unpaired) electrons. The maximum absolute atomic E-state index is 11.3. The van der Waals surface area contributed by atoms with Gasteiger partial charge in [-0.3, -0.25) is 10.1 Å². The summed E-state index contributed by atoms with van der Waals surface area (Å²) in [4.78, 5) is 15.5. The molecule has 7 nitrogen and oxygen atoms in total. The molecule has 0 aliphatic carbocycles. The van der Waals surface area contributed by atoms with Gasteiger partial charge >= 0.3 is 0 Å². The van der Waals surface area contributed by atoms with E-state index in [2.05, 4.69) is 22.2 Å². The van der Waals surface area contributed by atoms with Crippen molar-refractivity contribution in [3.8, 4) is 5.75 Å². The Balaban J connectivity index is 1.62. The van der Waals surface area contributed by atoms with Gasteiger partial charge in [-0.25, -0.2) is 0 Å². The van der Waals surface area contributed by atoms with Gasteiger partial charge in [0.1, 0.15) is 18.0 Å². The summed E-state index contributed by atoms with van der Waals surface area (Å²) in [5.74, 6) is 0.710. The Bertz CT molecular complexity index is 777. The molecule has 27 heavy (non-hydrogen) atoms. The molecule has 1 heterocycles. The van der Waals surface area contributed by atoms with Crippen molar-refractivity contribution in [1.82, 2.24) is 4.90 Å². The Hall–Kier alpha value is -2.51. The fourth-order valence-corrected chi connectivity index (χ4v) is 3.10. The number of anilines is 2. The topological polar surface area (TPSA) is 70.9 Å². The van der Waals surface area contributed by atoms with Gasteiger partial charge in [0, 0.05) is 49.5 Å². The van der Waals surface area contributed by atoms with E-state index in [9.17, 15) is 10.1 Å². The quantitative estimate of drug-likeness (QED) is 0.443. The molecule has 2 aromatic carbocycles. The molecule has 3 rings (SSSR count). The Labute approximate surface area is 163 Å². The van der Waals surface area contributed by atoms with Crippen molar-refractivity contribution >= 4 is 28.7 Å². The highest BCUT2D eigenvalue weighted by atomic mass is 35.5. The third-order valence-corrected chi connectivity index (χ3v) is 4.80. The highest BCUT2D eigenvalue weighted by molar-refractivity contribution is 6.30. The number of nitrogens with one attached hydrogen (secondary N) is 1. The third kappa shape index (κ3) is 5.24. The minimum Gasteiger partial charge on any atom is -0.492 e. The minimum absolute atomic E-state index is 0.0689. The van der Waals surface area contributed by atoms with E-state index in [1.807, 2.05) is 12.1 Å². The molecule has 1 fully saturated rings. The average Bonchev–Trinajstić information content (AvgIpc) is 2.67. The number of benzene rings is 2. The maximum atomic E-state index is 11.3. The van der Waals surface area contributed by atoms with Crippen LogP contribution in [0.1, 0.15) is 0 Å². The number of likely N-dealkylation sites (N-methyl/N-ethyl adjacent to an activating group) is 1. The number of hydrogen-bond acceptors (Lipinski definition) is 6. The monoisotopic (exact) mass is 390 g/mol. The highest BCUT2D eigenvalue weighted by Crippen LogP contribution is 2.30. The van der Waals surface area contributed by atoms with Crippen LogP contribution in [0.3, 0.4) is 0 Å². The van der Waals surface area contributed by atoms with Gasteiger partial charge in [-0.15, -0.1) is 0 Å². The molecular weight excluding hydrogens is 368 g/mol. The van der Waals surface area contributed by atoms with E-state index in [0.717, 1.165) is 31.9 Å². The number of piperazine rings is 1. The lowest BCUT2D eigenvalue weighted by atomic mass is 10.2. The van der Waals surface area contributed by atoms with Gasteiger partial charge < -0.3 is 19.9 Å². The van der Waals surface area contributed by atoms with Crippen LogP contribution in [-0.2, 0) is 0 Å². The van der Waals surface area contributed by atoms with Crippen molar-refractivity contribution in [3.63, 3.8) is 0 Å². The lowest BCUT2D eigenvalue weighted by Crippen LogP contribution is -2.44. The summed E-state index contributed by atoms with van der Waals surface area (Å²) in [7, 11) is 2.10. The first kappa shape index (κ1) is 19.3. The van der Waals surface area contributed by atoms with Crippen molar-refractivity contribution in [2.24, 2.45) is 0 Å². The van der Waals surface area contributed by atoms with E-state index in [1.165, 1.54) is 0 Å². The van der Waals surface area contributed by atoms with Gasteiger partial charge in [0.15, 0.2) is 0 Å². The molecule has 2 aromatic rings. The molecule has 0 aromatic heterocycles. The molecule has 0 amide bonds. The Morgan fingerprint density at radius 1 is 1.15 bits per heavy atom. The zero-order valence-corrected chi connectivity index (χ0v) is 16.0. The lowest BCUT2D eigenvalue weighted by Gasteiger charge is -2.34. The van der Waals surface area contributed by atoms with Crippen LogP contribution in [0.25, 0.3) is 0 Å². The minimum atomic E-state index is -0.365. The highest BCUT2D eigenvalue weighted by Gasteiger charge is 2.19.